The molecule has 4 nitrogen and oxygen atoms in total. The predicted molar refractivity (Wildman–Crippen MR) is 67.1 cm³/mol. The Hall–Kier alpha value is -1.24. The fraction of sp³-hybridized carbons (Fsp3) is 0.833. The van der Waals surface area contributed by atoms with Crippen LogP contribution >= 0.6 is 0 Å². The van der Waals surface area contributed by atoms with Crippen molar-refractivity contribution >= 4 is 12.2 Å². The number of carbonyl (C=O) groups excluding carboxylic acids is 2. The summed E-state index contributed by atoms with van der Waals surface area (Å²) in [5, 5.41) is 10.8. The molecule has 1 atom stereocenters. The fourth-order valence-electron chi connectivity index (χ4n) is 1.19. The third-order valence-electron chi connectivity index (χ3n) is 1.66. The molecule has 0 rings (SSSR count). The topological polar surface area (TPSA) is 81.8 Å². The van der Waals surface area contributed by atoms with Crippen molar-refractivity contribution in [3.63, 3.8) is 0 Å². The van der Waals surface area contributed by atoms with Crippen LogP contribution in [0.5, 0.6) is 0 Å². The van der Waals surface area contributed by atoms with E-state index in [1.165, 1.54) is 12.8 Å². The van der Waals surface area contributed by atoms with Gasteiger partial charge in [-0.05, 0) is 17.8 Å². The van der Waals surface area contributed by atoms with E-state index in [1.807, 2.05) is 0 Å². The number of nitrogens with one attached hydrogen (secondary N) is 2. The molecule has 0 aliphatic rings. The van der Waals surface area contributed by atoms with Crippen LogP contribution in [0.4, 0.5) is 0 Å². The van der Waals surface area contributed by atoms with E-state index in [4.69, 9.17) is 20.4 Å². The van der Waals surface area contributed by atoms with Crippen molar-refractivity contribution in [2.45, 2.75) is 54.9 Å². The first-order chi connectivity index (χ1) is 6.78. The van der Waals surface area contributed by atoms with E-state index in [-0.39, 0.29) is 7.43 Å². The van der Waals surface area contributed by atoms with Gasteiger partial charge in [0, 0.05) is 0 Å². The SMILES string of the molecule is C.CCC(C)CC(C)(C)C.N=C=O.N=C=O. The summed E-state index contributed by atoms with van der Waals surface area (Å²) in [6.07, 6.45) is 4.17. The monoisotopic (exact) mass is 230 g/mol. The smallest absolute Gasteiger partial charge is 0.222 e. The van der Waals surface area contributed by atoms with Crippen LogP contribution in [0.3, 0.4) is 0 Å². The Morgan fingerprint density at radius 3 is 1.44 bits per heavy atom. The summed E-state index contributed by atoms with van der Waals surface area (Å²) >= 11 is 0. The summed E-state index contributed by atoms with van der Waals surface area (Å²) in [4.78, 5) is 16.7. The molecule has 2 N–H and O–H groups in total. The Kier molecular flexibility index (Phi) is 24.4. The first kappa shape index (κ1) is 24.1. The van der Waals surface area contributed by atoms with Gasteiger partial charge >= 0.3 is 0 Å². The van der Waals surface area contributed by atoms with Gasteiger partial charge in [-0.15, -0.1) is 0 Å². The Labute approximate surface area is 99.5 Å². The lowest BCUT2D eigenvalue weighted by Gasteiger charge is -2.21. The number of hydrogen-bond donors (Lipinski definition) is 2. The molecule has 0 heterocycles. The highest BCUT2D eigenvalue weighted by molar-refractivity contribution is 5.26. The van der Waals surface area contributed by atoms with Crippen LogP contribution in [-0.4, -0.2) is 12.2 Å². The van der Waals surface area contributed by atoms with Crippen LogP contribution in [0.25, 0.3) is 0 Å². The molecular weight excluding hydrogens is 204 g/mol. The highest BCUT2D eigenvalue weighted by atomic mass is 16.1. The standard InChI is InChI=1S/C9H20.2CHNO.CH4/c1-6-8(2)7-9(3,4)5;2*2-1-3;/h8H,6-7H2,1-5H3;2*2H;1H4. The zero-order valence-electron chi connectivity index (χ0n) is 10.3. The minimum atomic E-state index is 0. The van der Waals surface area contributed by atoms with Crippen molar-refractivity contribution in [3.05, 3.63) is 0 Å². The van der Waals surface area contributed by atoms with E-state index >= 15 is 0 Å². The molecule has 0 saturated carbocycles. The Balaban J connectivity index is -0.0000000870. The first-order valence-corrected chi connectivity index (χ1v) is 4.86. The molecule has 0 aliphatic carbocycles. The molecule has 96 valence electrons. The lowest BCUT2D eigenvalue weighted by Crippen LogP contribution is -2.09. The molecule has 0 radical (unpaired) electrons. The first-order valence-electron chi connectivity index (χ1n) is 4.86. The summed E-state index contributed by atoms with van der Waals surface area (Å²) in [7, 11) is 0. The van der Waals surface area contributed by atoms with Crippen molar-refractivity contribution < 1.29 is 9.59 Å². The normalized spacial score (nSPS) is 9.81. The molecule has 0 fully saturated rings. The summed E-state index contributed by atoms with van der Waals surface area (Å²) in [6, 6.07) is 0. The summed E-state index contributed by atoms with van der Waals surface area (Å²) in [5.41, 5.74) is 0.523. The zero-order chi connectivity index (χ0) is 12.9. The van der Waals surface area contributed by atoms with E-state index in [0.717, 1.165) is 18.1 Å². The van der Waals surface area contributed by atoms with E-state index in [0.29, 0.717) is 5.41 Å². The maximum absolute atomic E-state index is 8.35. The minimum absolute atomic E-state index is 0. The highest BCUT2D eigenvalue weighted by Crippen LogP contribution is 2.25. The van der Waals surface area contributed by atoms with Crippen LogP contribution in [-0.2, 0) is 9.59 Å². The average molecular weight is 230 g/mol. The maximum Gasteiger partial charge on any atom is 0.231 e. The predicted octanol–water partition coefficient (Wildman–Crippen LogP) is 3.91. The molecule has 0 spiro atoms. The molecule has 0 aromatic rings. The van der Waals surface area contributed by atoms with Gasteiger partial charge in [-0.25, -0.2) is 20.4 Å². The van der Waals surface area contributed by atoms with Crippen LogP contribution in [0.15, 0.2) is 0 Å². The van der Waals surface area contributed by atoms with Gasteiger partial charge in [0.1, 0.15) is 0 Å². The second kappa shape index (κ2) is 16.2. The van der Waals surface area contributed by atoms with Crippen LogP contribution in [0, 0.1) is 22.2 Å². The molecule has 0 aliphatic heterocycles. The third-order valence-corrected chi connectivity index (χ3v) is 1.66. The van der Waals surface area contributed by atoms with Gasteiger partial charge in [-0.3, -0.25) is 0 Å². The number of rotatable bonds is 2. The molecule has 0 aromatic carbocycles. The van der Waals surface area contributed by atoms with E-state index < -0.39 is 0 Å². The van der Waals surface area contributed by atoms with E-state index in [1.54, 1.807) is 0 Å². The Morgan fingerprint density at radius 1 is 1.12 bits per heavy atom. The molecule has 16 heavy (non-hydrogen) atoms. The molecule has 4 heteroatoms. The average Bonchev–Trinajstić information content (AvgIpc) is 2.04. The van der Waals surface area contributed by atoms with E-state index in [2.05, 4.69) is 34.6 Å². The van der Waals surface area contributed by atoms with Crippen LogP contribution < -0.4 is 0 Å². The highest BCUT2D eigenvalue weighted by Gasteiger charge is 2.13. The van der Waals surface area contributed by atoms with Gasteiger partial charge in [0.15, 0.2) is 0 Å². The minimum Gasteiger partial charge on any atom is -0.222 e. The van der Waals surface area contributed by atoms with Crippen molar-refractivity contribution in [1.82, 2.24) is 0 Å². The molecule has 0 amide bonds. The molecular formula is C12H26N2O2. The lowest BCUT2D eigenvalue weighted by molar-refractivity contribution is 0.302. The maximum atomic E-state index is 8.35. The lowest BCUT2D eigenvalue weighted by atomic mass is 9.84. The van der Waals surface area contributed by atoms with Crippen molar-refractivity contribution in [2.75, 3.05) is 0 Å². The van der Waals surface area contributed by atoms with Crippen molar-refractivity contribution in [1.29, 1.82) is 10.8 Å². The van der Waals surface area contributed by atoms with Crippen LogP contribution in [0.1, 0.15) is 54.9 Å². The molecule has 0 aromatic heterocycles. The molecule has 0 bridgehead atoms. The molecule has 1 unspecified atom stereocenters. The third kappa shape index (κ3) is 53.2. The van der Waals surface area contributed by atoms with Crippen LogP contribution in [0.2, 0.25) is 0 Å². The summed E-state index contributed by atoms with van der Waals surface area (Å²) in [6.45, 7) is 11.5. The largest absolute Gasteiger partial charge is 0.231 e. The second-order valence-electron chi connectivity index (χ2n) is 4.48. The Morgan fingerprint density at radius 2 is 1.38 bits per heavy atom. The second-order valence-corrected chi connectivity index (χ2v) is 4.48. The fourth-order valence-corrected chi connectivity index (χ4v) is 1.19. The number of isocyanates is 2. The van der Waals surface area contributed by atoms with Gasteiger partial charge in [-0.2, -0.15) is 0 Å². The van der Waals surface area contributed by atoms with Gasteiger partial charge in [0.25, 0.3) is 0 Å². The van der Waals surface area contributed by atoms with E-state index in [9.17, 15) is 0 Å². The van der Waals surface area contributed by atoms with Crippen molar-refractivity contribution in [2.24, 2.45) is 11.3 Å². The van der Waals surface area contributed by atoms with Gasteiger partial charge in [0.2, 0.25) is 12.2 Å². The van der Waals surface area contributed by atoms with Gasteiger partial charge in [-0.1, -0.05) is 48.5 Å². The zero-order valence-corrected chi connectivity index (χ0v) is 10.3. The summed E-state index contributed by atoms with van der Waals surface area (Å²) < 4.78 is 0. The summed E-state index contributed by atoms with van der Waals surface area (Å²) in [5.74, 6) is 0.894. The number of hydrogen-bond acceptors (Lipinski definition) is 4. The molecule has 0 saturated heterocycles. The van der Waals surface area contributed by atoms with Gasteiger partial charge < -0.3 is 0 Å². The van der Waals surface area contributed by atoms with Crippen molar-refractivity contribution in [3.8, 4) is 0 Å². The van der Waals surface area contributed by atoms with Gasteiger partial charge in [0.05, 0.1) is 0 Å². The Bertz CT molecular complexity index is 184. The quantitative estimate of drug-likeness (QED) is 0.557.